The molecule has 5 rings (SSSR count). The number of hydrogen-bond acceptors (Lipinski definition) is 3. The van der Waals surface area contributed by atoms with E-state index in [9.17, 15) is 0 Å². The maximum atomic E-state index is 6.39. The Labute approximate surface area is 208 Å². The van der Waals surface area contributed by atoms with Gasteiger partial charge < -0.3 is 14.6 Å². The molecule has 0 aliphatic carbocycles. The van der Waals surface area contributed by atoms with Gasteiger partial charge in [0.2, 0.25) is 0 Å². The van der Waals surface area contributed by atoms with E-state index in [0.29, 0.717) is 20.9 Å². The minimum atomic E-state index is -0.217. The van der Waals surface area contributed by atoms with Gasteiger partial charge in [0.1, 0.15) is 17.6 Å². The van der Waals surface area contributed by atoms with E-state index in [4.69, 9.17) is 39.8 Å². The Morgan fingerprint density at radius 1 is 0.939 bits per heavy atom. The largest absolute Gasteiger partial charge is 0.459 e. The van der Waals surface area contributed by atoms with Gasteiger partial charge in [-0.25, -0.2) is 0 Å². The van der Waals surface area contributed by atoms with E-state index in [2.05, 4.69) is 47.2 Å². The van der Waals surface area contributed by atoms with Crippen molar-refractivity contribution in [1.29, 1.82) is 0 Å². The Morgan fingerprint density at radius 2 is 1.73 bits per heavy atom. The second-order valence-corrected chi connectivity index (χ2v) is 9.37. The maximum absolute atomic E-state index is 6.39. The molecule has 1 aliphatic rings. The minimum absolute atomic E-state index is 0.174. The highest BCUT2D eigenvalue weighted by molar-refractivity contribution is 7.80. The SMILES string of the molecule is Cc1cc(C)cc(N2C(=S)N[C@H](c3ccccn3)[C@@H]2c2ccc(-c3ccc(Cl)c(Cl)c3)o2)c1. The molecule has 3 heterocycles. The van der Waals surface area contributed by atoms with E-state index in [-0.39, 0.29) is 12.1 Å². The maximum Gasteiger partial charge on any atom is 0.174 e. The predicted molar refractivity (Wildman–Crippen MR) is 138 cm³/mol. The summed E-state index contributed by atoms with van der Waals surface area (Å²) in [7, 11) is 0. The fourth-order valence-electron chi connectivity index (χ4n) is 4.33. The number of furan rings is 1. The molecule has 0 amide bonds. The Balaban J connectivity index is 1.61. The van der Waals surface area contributed by atoms with Crippen molar-refractivity contribution in [1.82, 2.24) is 10.3 Å². The fourth-order valence-corrected chi connectivity index (χ4v) is 4.97. The first-order valence-corrected chi connectivity index (χ1v) is 11.7. The van der Waals surface area contributed by atoms with E-state index in [1.165, 1.54) is 11.1 Å². The smallest absolute Gasteiger partial charge is 0.174 e. The van der Waals surface area contributed by atoms with Crippen LogP contribution in [0.25, 0.3) is 11.3 Å². The molecule has 1 saturated heterocycles. The third kappa shape index (κ3) is 4.24. The molecule has 2 aromatic carbocycles. The number of nitrogens with one attached hydrogen (secondary N) is 1. The first kappa shape index (κ1) is 22.0. The summed E-state index contributed by atoms with van der Waals surface area (Å²) in [5.74, 6) is 1.49. The van der Waals surface area contributed by atoms with Crippen LogP contribution in [0.3, 0.4) is 0 Å². The van der Waals surface area contributed by atoms with Crippen LogP contribution in [-0.2, 0) is 0 Å². The number of thiocarbonyl (C=S) groups is 1. The summed E-state index contributed by atoms with van der Waals surface area (Å²) >= 11 is 18.1. The minimum Gasteiger partial charge on any atom is -0.459 e. The lowest BCUT2D eigenvalue weighted by atomic mass is 10.0. The Kier molecular flexibility index (Phi) is 5.87. The summed E-state index contributed by atoms with van der Waals surface area (Å²) in [6.45, 7) is 4.17. The van der Waals surface area contributed by atoms with Gasteiger partial charge in [0.15, 0.2) is 5.11 Å². The average molecular weight is 494 g/mol. The number of nitrogens with zero attached hydrogens (tertiary/aromatic N) is 2. The molecule has 166 valence electrons. The average Bonchev–Trinajstić information content (AvgIpc) is 3.40. The van der Waals surface area contributed by atoms with Crippen molar-refractivity contribution in [2.24, 2.45) is 0 Å². The molecule has 4 aromatic rings. The van der Waals surface area contributed by atoms with Gasteiger partial charge in [-0.3, -0.25) is 4.98 Å². The van der Waals surface area contributed by atoms with Crippen LogP contribution in [0.4, 0.5) is 5.69 Å². The van der Waals surface area contributed by atoms with Crippen LogP contribution in [0, 0.1) is 13.8 Å². The van der Waals surface area contributed by atoms with Crippen molar-refractivity contribution >= 4 is 46.2 Å². The summed E-state index contributed by atoms with van der Waals surface area (Å²) in [5, 5.41) is 5.09. The highest BCUT2D eigenvalue weighted by Crippen LogP contribution is 2.43. The number of aryl methyl sites for hydroxylation is 2. The lowest BCUT2D eigenvalue weighted by Gasteiger charge is -2.26. The molecule has 0 saturated carbocycles. The van der Waals surface area contributed by atoms with Crippen molar-refractivity contribution < 1.29 is 4.42 Å². The van der Waals surface area contributed by atoms with Gasteiger partial charge >= 0.3 is 0 Å². The van der Waals surface area contributed by atoms with Crippen LogP contribution in [0.5, 0.6) is 0 Å². The van der Waals surface area contributed by atoms with E-state index in [1.807, 2.05) is 42.5 Å². The number of anilines is 1. The molecular weight excluding hydrogens is 473 g/mol. The van der Waals surface area contributed by atoms with Crippen LogP contribution < -0.4 is 10.2 Å². The lowest BCUT2D eigenvalue weighted by Crippen LogP contribution is -2.29. The number of benzene rings is 2. The molecule has 0 unspecified atom stereocenters. The van der Waals surface area contributed by atoms with Crippen LogP contribution in [0.1, 0.15) is 34.7 Å². The summed E-state index contributed by atoms with van der Waals surface area (Å²) in [4.78, 5) is 6.72. The van der Waals surface area contributed by atoms with Gasteiger partial charge in [0.05, 0.1) is 21.8 Å². The predicted octanol–water partition coefficient (Wildman–Crippen LogP) is 7.44. The van der Waals surface area contributed by atoms with Crippen LogP contribution in [-0.4, -0.2) is 10.1 Å². The summed E-state index contributed by atoms with van der Waals surface area (Å²) in [6, 6.07) is 21.3. The van der Waals surface area contributed by atoms with Gasteiger partial charge in [-0.15, -0.1) is 0 Å². The molecule has 33 heavy (non-hydrogen) atoms. The second-order valence-electron chi connectivity index (χ2n) is 8.17. The van der Waals surface area contributed by atoms with E-state index in [1.54, 1.807) is 12.3 Å². The molecule has 0 radical (unpaired) electrons. The first-order valence-electron chi connectivity index (χ1n) is 10.5. The zero-order valence-electron chi connectivity index (χ0n) is 18.0. The number of halogens is 2. The molecule has 2 atom stereocenters. The molecule has 7 heteroatoms. The number of hydrogen-bond donors (Lipinski definition) is 1. The molecular formula is C26H21Cl2N3OS. The molecule has 4 nitrogen and oxygen atoms in total. The van der Waals surface area contributed by atoms with Crippen molar-refractivity contribution in [2.45, 2.75) is 25.9 Å². The quantitative estimate of drug-likeness (QED) is 0.299. The van der Waals surface area contributed by atoms with E-state index >= 15 is 0 Å². The monoisotopic (exact) mass is 493 g/mol. The van der Waals surface area contributed by atoms with Crippen LogP contribution in [0.2, 0.25) is 10.0 Å². The summed E-state index contributed by atoms with van der Waals surface area (Å²) in [6.07, 6.45) is 1.79. The van der Waals surface area contributed by atoms with E-state index in [0.717, 1.165) is 22.7 Å². The lowest BCUT2D eigenvalue weighted by molar-refractivity contribution is 0.439. The molecule has 0 spiro atoms. The van der Waals surface area contributed by atoms with Crippen LogP contribution >= 0.6 is 35.4 Å². The number of pyridine rings is 1. The Morgan fingerprint density at radius 3 is 2.42 bits per heavy atom. The molecule has 2 aromatic heterocycles. The zero-order valence-corrected chi connectivity index (χ0v) is 20.4. The highest BCUT2D eigenvalue weighted by atomic mass is 35.5. The standard InChI is InChI=1S/C26H21Cl2N3OS/c1-15-11-16(2)13-18(12-15)31-25(24(30-26(31)33)21-5-3-4-10-29-21)23-9-8-22(32-23)17-6-7-19(27)20(28)14-17/h3-14,24-25H,1-2H3,(H,30,33)/t24-,25+/m1/s1. The van der Waals surface area contributed by atoms with Crippen molar-refractivity contribution in [3.05, 3.63) is 106 Å². The molecule has 1 fully saturated rings. The number of aromatic nitrogens is 1. The third-order valence-electron chi connectivity index (χ3n) is 5.71. The summed E-state index contributed by atoms with van der Waals surface area (Å²) < 4.78 is 6.39. The highest BCUT2D eigenvalue weighted by Gasteiger charge is 2.42. The molecule has 1 N–H and O–H groups in total. The van der Waals surface area contributed by atoms with Crippen molar-refractivity contribution in [3.8, 4) is 11.3 Å². The summed E-state index contributed by atoms with van der Waals surface area (Å²) in [5.41, 5.74) is 5.11. The van der Waals surface area contributed by atoms with Crippen molar-refractivity contribution in [2.75, 3.05) is 4.90 Å². The van der Waals surface area contributed by atoms with Gasteiger partial charge in [-0.1, -0.05) is 35.3 Å². The van der Waals surface area contributed by atoms with Crippen molar-refractivity contribution in [3.63, 3.8) is 0 Å². The van der Waals surface area contributed by atoms with E-state index < -0.39 is 0 Å². The van der Waals surface area contributed by atoms with Gasteiger partial charge in [-0.2, -0.15) is 0 Å². The van der Waals surface area contributed by atoms with Gasteiger partial charge in [-0.05, 0) is 91.8 Å². The zero-order chi connectivity index (χ0) is 23.1. The molecule has 0 bridgehead atoms. The Hall–Kier alpha value is -2.86. The van der Waals surface area contributed by atoms with Crippen LogP contribution in [0.15, 0.2) is 77.3 Å². The third-order valence-corrected chi connectivity index (χ3v) is 6.76. The van der Waals surface area contributed by atoms with Gasteiger partial charge in [0.25, 0.3) is 0 Å². The fraction of sp³-hybridized carbons (Fsp3) is 0.154. The second kappa shape index (κ2) is 8.82. The Bertz CT molecular complexity index is 1320. The molecule has 1 aliphatic heterocycles. The normalized spacial score (nSPS) is 17.9. The van der Waals surface area contributed by atoms with Gasteiger partial charge in [0, 0.05) is 17.4 Å². The topological polar surface area (TPSA) is 41.3 Å². The number of rotatable bonds is 4. The first-order chi connectivity index (χ1) is 15.9.